The molecule has 0 saturated carbocycles. The number of aryl methyl sites for hydroxylation is 1. The molecule has 0 atom stereocenters. The molecule has 116 valence electrons. The molecule has 0 bridgehead atoms. The first-order valence-corrected chi connectivity index (χ1v) is 7.16. The van der Waals surface area contributed by atoms with Crippen molar-refractivity contribution in [1.29, 1.82) is 0 Å². The average molecular weight is 295 g/mol. The van der Waals surface area contributed by atoms with Crippen molar-refractivity contribution in [3.8, 4) is 0 Å². The second-order valence-corrected chi connectivity index (χ2v) is 4.40. The van der Waals surface area contributed by atoms with Gasteiger partial charge in [-0.05, 0) is 30.7 Å². The zero-order chi connectivity index (χ0) is 15.1. The van der Waals surface area contributed by atoms with Crippen LogP contribution in [0.2, 0.25) is 0 Å². The Balaban J connectivity index is 2.06. The fourth-order valence-corrected chi connectivity index (χ4v) is 1.89. The highest BCUT2D eigenvalue weighted by Gasteiger charge is 2.16. The summed E-state index contributed by atoms with van der Waals surface area (Å²) in [5.41, 5.74) is 0.646. The summed E-state index contributed by atoms with van der Waals surface area (Å²) in [6.07, 6.45) is 2.28. The van der Waals surface area contributed by atoms with Crippen LogP contribution in [0.5, 0.6) is 0 Å². The molecule has 0 aliphatic rings. The zero-order valence-corrected chi connectivity index (χ0v) is 12.6. The Labute approximate surface area is 123 Å². The Morgan fingerprint density at radius 3 is 2.52 bits per heavy atom. The summed E-state index contributed by atoms with van der Waals surface area (Å²) in [5, 5.41) is 19.8. The molecule has 9 nitrogen and oxygen atoms in total. The Bertz CT molecular complexity index is 533. The minimum absolute atomic E-state index is 0.463. The fraction of sp³-hybridized carbons (Fsp3) is 0.750. The van der Waals surface area contributed by atoms with Gasteiger partial charge >= 0.3 is 0 Å². The van der Waals surface area contributed by atoms with Gasteiger partial charge in [-0.2, -0.15) is 0 Å². The lowest BCUT2D eigenvalue weighted by atomic mass is 10.4. The number of rotatable bonds is 9. The van der Waals surface area contributed by atoms with E-state index in [0.29, 0.717) is 25.5 Å². The van der Waals surface area contributed by atoms with Crippen LogP contribution in [-0.4, -0.2) is 48.4 Å². The quantitative estimate of drug-likeness (QED) is 0.631. The molecule has 0 N–H and O–H groups in total. The first-order chi connectivity index (χ1) is 10.3. The minimum Gasteiger partial charge on any atom is -0.347 e. The molecule has 0 fully saturated rings. The monoisotopic (exact) mass is 295 g/mol. The predicted octanol–water partition coefficient (Wildman–Crippen LogP) is 0.794. The topological polar surface area (TPSA) is 92.8 Å². The number of hydrogen-bond donors (Lipinski definition) is 0. The van der Waals surface area contributed by atoms with Gasteiger partial charge in [0.2, 0.25) is 6.29 Å². The van der Waals surface area contributed by atoms with Crippen LogP contribution in [0.4, 0.5) is 0 Å². The molecule has 2 aromatic rings. The van der Waals surface area contributed by atoms with E-state index in [1.165, 1.54) is 0 Å². The molecule has 0 saturated heterocycles. The van der Waals surface area contributed by atoms with Crippen molar-refractivity contribution in [2.45, 2.75) is 46.6 Å². The molecule has 0 aliphatic heterocycles. The Morgan fingerprint density at radius 1 is 1.10 bits per heavy atom. The van der Waals surface area contributed by atoms with Gasteiger partial charge in [0.1, 0.15) is 12.2 Å². The van der Waals surface area contributed by atoms with Crippen LogP contribution in [-0.2, 0) is 22.6 Å². The van der Waals surface area contributed by atoms with E-state index in [9.17, 15) is 0 Å². The van der Waals surface area contributed by atoms with Crippen LogP contribution in [0.1, 0.15) is 45.0 Å². The van der Waals surface area contributed by atoms with Crippen molar-refractivity contribution in [2.75, 3.05) is 13.2 Å². The van der Waals surface area contributed by atoms with Crippen molar-refractivity contribution in [1.82, 2.24) is 35.2 Å². The largest absolute Gasteiger partial charge is 0.347 e. The van der Waals surface area contributed by atoms with Crippen molar-refractivity contribution < 1.29 is 9.47 Å². The van der Waals surface area contributed by atoms with Gasteiger partial charge in [-0.15, -0.1) is 10.2 Å². The third-order valence-corrected chi connectivity index (χ3v) is 2.78. The SMILES string of the molecule is CCCn1nnnc1Cn1cc(C(OCC)OCC)nn1. The number of aromatic nitrogens is 7. The van der Waals surface area contributed by atoms with Crippen molar-refractivity contribution in [3.05, 3.63) is 17.7 Å². The van der Waals surface area contributed by atoms with E-state index < -0.39 is 6.29 Å². The third-order valence-electron chi connectivity index (χ3n) is 2.78. The van der Waals surface area contributed by atoms with E-state index >= 15 is 0 Å². The first kappa shape index (κ1) is 15.5. The molecule has 0 aromatic carbocycles. The van der Waals surface area contributed by atoms with Gasteiger partial charge in [-0.25, -0.2) is 9.36 Å². The van der Waals surface area contributed by atoms with Crippen LogP contribution >= 0.6 is 0 Å². The van der Waals surface area contributed by atoms with Crippen molar-refractivity contribution in [3.63, 3.8) is 0 Å². The summed E-state index contributed by atoms with van der Waals surface area (Å²) >= 11 is 0. The summed E-state index contributed by atoms with van der Waals surface area (Å²) < 4.78 is 14.4. The Morgan fingerprint density at radius 2 is 1.86 bits per heavy atom. The number of hydrogen-bond acceptors (Lipinski definition) is 7. The van der Waals surface area contributed by atoms with Crippen LogP contribution in [0, 0.1) is 0 Å². The first-order valence-electron chi connectivity index (χ1n) is 7.16. The van der Waals surface area contributed by atoms with Crippen LogP contribution in [0.3, 0.4) is 0 Å². The van der Waals surface area contributed by atoms with Gasteiger partial charge in [0.25, 0.3) is 0 Å². The lowest BCUT2D eigenvalue weighted by Crippen LogP contribution is -2.11. The summed E-state index contributed by atoms with van der Waals surface area (Å²) in [5.74, 6) is 0.748. The summed E-state index contributed by atoms with van der Waals surface area (Å²) in [6, 6.07) is 0. The molecule has 0 amide bonds. The van der Waals surface area contributed by atoms with Crippen molar-refractivity contribution in [2.24, 2.45) is 0 Å². The summed E-state index contributed by atoms with van der Waals surface area (Å²) in [4.78, 5) is 0. The molecule has 2 heterocycles. The predicted molar refractivity (Wildman–Crippen MR) is 73.2 cm³/mol. The van der Waals surface area contributed by atoms with Gasteiger partial charge in [-0.1, -0.05) is 12.1 Å². The average Bonchev–Trinajstić information content (AvgIpc) is 3.10. The normalized spacial score (nSPS) is 11.4. The van der Waals surface area contributed by atoms with Gasteiger partial charge < -0.3 is 9.47 Å². The highest BCUT2D eigenvalue weighted by molar-refractivity contribution is 4.96. The van der Waals surface area contributed by atoms with E-state index in [1.54, 1.807) is 15.6 Å². The number of ether oxygens (including phenoxy) is 2. The molecular weight excluding hydrogens is 274 g/mol. The van der Waals surface area contributed by atoms with Gasteiger partial charge in [0, 0.05) is 19.8 Å². The summed E-state index contributed by atoms with van der Waals surface area (Å²) in [6.45, 7) is 8.24. The van der Waals surface area contributed by atoms with E-state index in [0.717, 1.165) is 18.8 Å². The van der Waals surface area contributed by atoms with E-state index in [4.69, 9.17) is 9.47 Å². The smallest absolute Gasteiger partial charge is 0.204 e. The highest BCUT2D eigenvalue weighted by atomic mass is 16.7. The Hall–Kier alpha value is -1.87. The van der Waals surface area contributed by atoms with E-state index in [-0.39, 0.29) is 0 Å². The number of tetrazole rings is 1. The molecular formula is C12H21N7O2. The molecule has 0 unspecified atom stereocenters. The molecule has 21 heavy (non-hydrogen) atoms. The maximum Gasteiger partial charge on any atom is 0.204 e. The van der Waals surface area contributed by atoms with Gasteiger partial charge in [0.15, 0.2) is 5.82 Å². The van der Waals surface area contributed by atoms with Crippen LogP contribution in [0.25, 0.3) is 0 Å². The molecule has 0 aliphatic carbocycles. The minimum atomic E-state index is -0.486. The molecule has 2 rings (SSSR count). The maximum absolute atomic E-state index is 5.50. The van der Waals surface area contributed by atoms with E-state index in [2.05, 4.69) is 32.8 Å². The fourth-order valence-electron chi connectivity index (χ4n) is 1.89. The molecule has 0 spiro atoms. The maximum atomic E-state index is 5.50. The van der Waals surface area contributed by atoms with Crippen molar-refractivity contribution >= 4 is 0 Å². The zero-order valence-electron chi connectivity index (χ0n) is 12.6. The third kappa shape index (κ3) is 4.05. The summed E-state index contributed by atoms with van der Waals surface area (Å²) in [7, 11) is 0. The second kappa shape index (κ2) is 7.79. The Kier molecular flexibility index (Phi) is 5.76. The highest BCUT2D eigenvalue weighted by Crippen LogP contribution is 2.16. The van der Waals surface area contributed by atoms with Gasteiger partial charge in [-0.3, -0.25) is 0 Å². The van der Waals surface area contributed by atoms with E-state index in [1.807, 2.05) is 13.8 Å². The lowest BCUT2D eigenvalue weighted by Gasteiger charge is -2.13. The lowest BCUT2D eigenvalue weighted by molar-refractivity contribution is -0.142. The van der Waals surface area contributed by atoms with Crippen LogP contribution < -0.4 is 0 Å². The molecule has 9 heteroatoms. The number of nitrogens with zero attached hydrogens (tertiary/aromatic N) is 7. The second-order valence-electron chi connectivity index (χ2n) is 4.40. The molecule has 0 radical (unpaired) electrons. The standard InChI is InChI=1S/C12H21N7O2/c1-4-7-19-11(14-15-17-19)9-18-8-10(13-16-18)12(20-5-2)21-6-3/h8,12H,4-7,9H2,1-3H3. The van der Waals surface area contributed by atoms with Gasteiger partial charge in [0.05, 0.1) is 6.20 Å². The molecule has 2 aromatic heterocycles. The van der Waals surface area contributed by atoms with Crippen LogP contribution in [0.15, 0.2) is 6.20 Å².